The topological polar surface area (TPSA) is 27.0 Å². The van der Waals surface area contributed by atoms with E-state index in [1.54, 1.807) is 0 Å². The van der Waals surface area contributed by atoms with Gasteiger partial charge in [0.15, 0.2) is 0 Å². The van der Waals surface area contributed by atoms with E-state index in [1.165, 1.54) is 6.07 Å². The van der Waals surface area contributed by atoms with Crippen LogP contribution in [0.5, 0.6) is 0 Å². The van der Waals surface area contributed by atoms with Crippen molar-refractivity contribution in [3.05, 3.63) is 29.3 Å². The number of nitriles is 1. The molecule has 0 saturated carbocycles. The van der Waals surface area contributed by atoms with Gasteiger partial charge in [-0.3, -0.25) is 0 Å². The van der Waals surface area contributed by atoms with Crippen molar-refractivity contribution in [2.24, 2.45) is 0 Å². The van der Waals surface area contributed by atoms with Crippen molar-refractivity contribution in [1.82, 2.24) is 0 Å². The average molecular weight is 268 g/mol. The van der Waals surface area contributed by atoms with Gasteiger partial charge < -0.3 is 4.90 Å². The molecule has 1 heterocycles. The number of hydrogen-bond acceptors (Lipinski definition) is 2. The third kappa shape index (κ3) is 2.53. The lowest BCUT2D eigenvalue weighted by molar-refractivity contribution is -0.137. The van der Waals surface area contributed by atoms with Crippen molar-refractivity contribution >= 4 is 5.69 Å². The predicted molar refractivity (Wildman–Crippen MR) is 66.8 cm³/mol. The molecule has 0 aromatic heterocycles. The zero-order valence-corrected chi connectivity index (χ0v) is 10.9. The first-order valence-electron chi connectivity index (χ1n) is 6.15. The first kappa shape index (κ1) is 13.7. The van der Waals surface area contributed by atoms with Gasteiger partial charge in [-0.15, -0.1) is 0 Å². The quantitative estimate of drug-likeness (QED) is 0.771. The average Bonchev–Trinajstić information content (AvgIpc) is 2.66. The Kier molecular flexibility index (Phi) is 3.21. The van der Waals surface area contributed by atoms with Gasteiger partial charge in [0, 0.05) is 12.1 Å². The monoisotopic (exact) mass is 268 g/mol. The van der Waals surface area contributed by atoms with Gasteiger partial charge in [-0.05, 0) is 44.9 Å². The van der Waals surface area contributed by atoms with Gasteiger partial charge in [0.1, 0.15) is 6.07 Å². The highest BCUT2D eigenvalue weighted by Crippen LogP contribution is 2.38. The summed E-state index contributed by atoms with van der Waals surface area (Å²) in [4.78, 5) is 2.02. The van der Waals surface area contributed by atoms with Crippen molar-refractivity contribution in [1.29, 1.82) is 5.26 Å². The molecule has 1 aromatic rings. The zero-order valence-electron chi connectivity index (χ0n) is 10.9. The highest BCUT2D eigenvalue weighted by molar-refractivity contribution is 5.62. The normalized spacial score (nSPS) is 18.4. The van der Waals surface area contributed by atoms with E-state index in [1.807, 2.05) is 24.8 Å². The Hall–Kier alpha value is -1.70. The minimum atomic E-state index is -4.41. The van der Waals surface area contributed by atoms with Gasteiger partial charge in [-0.25, -0.2) is 0 Å². The molecular weight excluding hydrogens is 253 g/mol. The summed E-state index contributed by atoms with van der Waals surface area (Å²) in [7, 11) is 0. The third-order valence-electron chi connectivity index (χ3n) is 3.64. The highest BCUT2D eigenvalue weighted by atomic mass is 19.4. The number of hydrogen-bond donors (Lipinski definition) is 0. The first-order chi connectivity index (χ1) is 8.75. The van der Waals surface area contributed by atoms with Crippen LogP contribution in [0.4, 0.5) is 18.9 Å². The largest absolute Gasteiger partial charge is 0.416 e. The summed E-state index contributed by atoms with van der Waals surface area (Å²) in [5.74, 6) is 0. The van der Waals surface area contributed by atoms with E-state index in [0.29, 0.717) is 5.69 Å². The molecule has 0 N–H and O–H groups in total. The van der Waals surface area contributed by atoms with E-state index in [0.717, 1.165) is 31.5 Å². The lowest BCUT2D eigenvalue weighted by Gasteiger charge is -2.34. The van der Waals surface area contributed by atoms with Gasteiger partial charge in [0.2, 0.25) is 0 Å². The number of alkyl halides is 3. The minimum Gasteiger partial charge on any atom is -0.365 e. The van der Waals surface area contributed by atoms with E-state index in [2.05, 4.69) is 0 Å². The van der Waals surface area contributed by atoms with Gasteiger partial charge in [0.05, 0.1) is 16.8 Å². The van der Waals surface area contributed by atoms with Crippen LogP contribution >= 0.6 is 0 Å². The van der Waals surface area contributed by atoms with Crippen LogP contribution in [-0.4, -0.2) is 12.1 Å². The maximum absolute atomic E-state index is 12.6. The Balaban J connectivity index is 2.46. The second kappa shape index (κ2) is 4.44. The van der Waals surface area contributed by atoms with Crippen LogP contribution in [0, 0.1) is 11.3 Å². The number of nitrogens with zero attached hydrogens (tertiary/aromatic N) is 2. The zero-order chi connectivity index (χ0) is 14.3. The van der Waals surface area contributed by atoms with Gasteiger partial charge in [0.25, 0.3) is 0 Å². The van der Waals surface area contributed by atoms with Crippen LogP contribution in [0.2, 0.25) is 0 Å². The molecule has 0 unspecified atom stereocenters. The van der Waals surface area contributed by atoms with E-state index in [4.69, 9.17) is 5.26 Å². The first-order valence-corrected chi connectivity index (χ1v) is 6.15. The fraction of sp³-hybridized carbons (Fsp3) is 0.500. The molecule has 0 atom stereocenters. The van der Waals surface area contributed by atoms with Crippen LogP contribution in [0.1, 0.15) is 37.8 Å². The van der Waals surface area contributed by atoms with Crippen LogP contribution in [-0.2, 0) is 6.18 Å². The summed E-state index contributed by atoms with van der Waals surface area (Å²) in [6, 6.07) is 5.27. The van der Waals surface area contributed by atoms with Crippen molar-refractivity contribution < 1.29 is 13.2 Å². The van der Waals surface area contributed by atoms with Crippen molar-refractivity contribution in [3.63, 3.8) is 0 Å². The molecule has 1 aromatic carbocycles. The van der Waals surface area contributed by atoms with Gasteiger partial charge >= 0.3 is 6.18 Å². The Labute approximate surface area is 110 Å². The fourth-order valence-electron chi connectivity index (χ4n) is 2.59. The molecule has 1 fully saturated rings. The molecule has 2 nitrogen and oxygen atoms in total. The molecule has 1 aliphatic rings. The summed E-state index contributed by atoms with van der Waals surface area (Å²) in [5.41, 5.74) is -0.210. The number of halogens is 3. The third-order valence-corrected chi connectivity index (χ3v) is 3.64. The Morgan fingerprint density at radius 3 is 2.47 bits per heavy atom. The summed E-state index contributed by atoms with van der Waals surface area (Å²) >= 11 is 0. The standard InChI is InChI=1S/C14H15F3N2/c1-13(2)6-3-7-19(13)12-5-4-11(14(15,16)17)8-10(12)9-18/h4-5,8H,3,6-7H2,1-2H3. The second-order valence-corrected chi connectivity index (χ2v) is 5.41. The summed E-state index contributed by atoms with van der Waals surface area (Å²) in [6.45, 7) is 4.85. The van der Waals surface area contributed by atoms with Crippen LogP contribution in [0.15, 0.2) is 18.2 Å². The van der Waals surface area contributed by atoms with E-state index in [-0.39, 0.29) is 11.1 Å². The molecule has 5 heteroatoms. The van der Waals surface area contributed by atoms with Crippen LogP contribution in [0.3, 0.4) is 0 Å². The number of rotatable bonds is 1. The molecule has 0 amide bonds. The molecule has 0 radical (unpaired) electrons. The lowest BCUT2D eigenvalue weighted by atomic mass is 10.00. The molecule has 102 valence electrons. The van der Waals surface area contributed by atoms with Crippen molar-refractivity contribution in [2.75, 3.05) is 11.4 Å². The van der Waals surface area contributed by atoms with E-state index >= 15 is 0 Å². The Bertz CT molecular complexity index is 526. The molecule has 0 aliphatic carbocycles. The molecule has 1 aliphatic heterocycles. The van der Waals surface area contributed by atoms with Gasteiger partial charge in [-0.2, -0.15) is 18.4 Å². The summed E-state index contributed by atoms with van der Waals surface area (Å²) in [6.07, 6.45) is -2.46. The minimum absolute atomic E-state index is 0.0878. The SMILES string of the molecule is CC1(C)CCCN1c1ccc(C(F)(F)F)cc1C#N. The Morgan fingerprint density at radius 1 is 1.32 bits per heavy atom. The molecule has 2 rings (SSSR count). The lowest BCUT2D eigenvalue weighted by Crippen LogP contribution is -2.38. The van der Waals surface area contributed by atoms with E-state index < -0.39 is 11.7 Å². The molecular formula is C14H15F3N2. The maximum Gasteiger partial charge on any atom is 0.416 e. The maximum atomic E-state index is 12.6. The summed E-state index contributed by atoms with van der Waals surface area (Å²) in [5, 5.41) is 9.10. The summed E-state index contributed by atoms with van der Waals surface area (Å²) < 4.78 is 37.9. The fourth-order valence-corrected chi connectivity index (χ4v) is 2.59. The molecule has 0 spiro atoms. The predicted octanol–water partition coefficient (Wildman–Crippen LogP) is 3.96. The Morgan fingerprint density at radius 2 is 2.00 bits per heavy atom. The molecule has 0 bridgehead atoms. The van der Waals surface area contributed by atoms with Crippen LogP contribution < -0.4 is 4.90 Å². The number of anilines is 1. The molecule has 19 heavy (non-hydrogen) atoms. The van der Waals surface area contributed by atoms with Gasteiger partial charge in [-0.1, -0.05) is 0 Å². The van der Waals surface area contributed by atoms with Crippen LogP contribution in [0.25, 0.3) is 0 Å². The van der Waals surface area contributed by atoms with Crippen molar-refractivity contribution in [2.45, 2.75) is 38.4 Å². The van der Waals surface area contributed by atoms with E-state index in [9.17, 15) is 13.2 Å². The van der Waals surface area contributed by atoms with Crippen molar-refractivity contribution in [3.8, 4) is 6.07 Å². The second-order valence-electron chi connectivity index (χ2n) is 5.41. The highest BCUT2D eigenvalue weighted by Gasteiger charge is 2.35. The molecule has 1 saturated heterocycles. The smallest absolute Gasteiger partial charge is 0.365 e. The number of benzene rings is 1.